The smallest absolute Gasteiger partial charge is 0.223 e. The summed E-state index contributed by atoms with van der Waals surface area (Å²) >= 11 is 0. The Balaban J connectivity index is 2.10. The zero-order chi connectivity index (χ0) is 18.9. The largest absolute Gasteiger partial charge is 0.414 e. The van der Waals surface area contributed by atoms with Crippen LogP contribution in [-0.2, 0) is 15.8 Å². The van der Waals surface area contributed by atoms with Crippen molar-refractivity contribution in [2.24, 2.45) is 0 Å². The van der Waals surface area contributed by atoms with Gasteiger partial charge in [0.1, 0.15) is 5.60 Å². The van der Waals surface area contributed by atoms with Crippen molar-refractivity contribution in [2.75, 3.05) is 6.61 Å². The second-order valence-electron chi connectivity index (χ2n) is 8.97. The van der Waals surface area contributed by atoms with Crippen LogP contribution in [0.2, 0.25) is 18.1 Å². The maximum atomic E-state index is 12.4. The SMILES string of the molecule is CC(C)(C)[Si](C)(C)OC[C@@](C)(O)[C@@H]1CCC(=O)N1Cc1ccccc1. The van der Waals surface area contributed by atoms with Crippen molar-refractivity contribution in [3.63, 3.8) is 0 Å². The molecule has 1 aliphatic heterocycles. The molecule has 2 rings (SSSR count). The number of amides is 1. The molecule has 1 aromatic carbocycles. The maximum Gasteiger partial charge on any atom is 0.223 e. The van der Waals surface area contributed by atoms with Crippen molar-refractivity contribution >= 4 is 14.2 Å². The zero-order valence-corrected chi connectivity index (χ0v) is 17.5. The predicted molar refractivity (Wildman–Crippen MR) is 104 cm³/mol. The molecular weight excluding hydrogens is 330 g/mol. The molecule has 25 heavy (non-hydrogen) atoms. The molecule has 1 aliphatic rings. The Labute approximate surface area is 153 Å². The number of likely N-dealkylation sites (tertiary alicyclic amines) is 1. The van der Waals surface area contributed by atoms with E-state index in [4.69, 9.17) is 4.43 Å². The highest BCUT2D eigenvalue weighted by Gasteiger charge is 2.45. The van der Waals surface area contributed by atoms with Gasteiger partial charge in [-0.05, 0) is 37.0 Å². The highest BCUT2D eigenvalue weighted by atomic mass is 28.4. The van der Waals surface area contributed by atoms with Gasteiger partial charge in [0.05, 0.1) is 12.6 Å². The molecule has 1 aromatic rings. The monoisotopic (exact) mass is 363 g/mol. The fourth-order valence-corrected chi connectivity index (χ4v) is 4.08. The minimum Gasteiger partial charge on any atom is -0.414 e. The van der Waals surface area contributed by atoms with Gasteiger partial charge in [0.25, 0.3) is 0 Å². The minimum absolute atomic E-state index is 0.0955. The molecule has 1 heterocycles. The minimum atomic E-state index is -1.94. The fraction of sp³-hybridized carbons (Fsp3) is 0.650. The van der Waals surface area contributed by atoms with Crippen LogP contribution in [0.5, 0.6) is 0 Å². The van der Waals surface area contributed by atoms with Gasteiger partial charge in [-0.15, -0.1) is 0 Å². The number of rotatable bonds is 6. The second kappa shape index (κ2) is 7.21. The fourth-order valence-electron chi connectivity index (χ4n) is 3.00. The Morgan fingerprint density at radius 3 is 2.36 bits per heavy atom. The number of carbonyl (C=O) groups excluding carboxylic acids is 1. The average molecular weight is 364 g/mol. The lowest BCUT2D eigenvalue weighted by Crippen LogP contribution is -2.54. The maximum absolute atomic E-state index is 12.4. The van der Waals surface area contributed by atoms with Crippen molar-refractivity contribution in [3.05, 3.63) is 35.9 Å². The lowest BCUT2D eigenvalue weighted by Gasteiger charge is -2.41. The van der Waals surface area contributed by atoms with Gasteiger partial charge in [0.2, 0.25) is 5.91 Å². The van der Waals surface area contributed by atoms with Gasteiger partial charge < -0.3 is 14.4 Å². The third kappa shape index (κ3) is 4.71. The lowest BCUT2D eigenvalue weighted by atomic mass is 9.95. The zero-order valence-electron chi connectivity index (χ0n) is 16.5. The first-order valence-corrected chi connectivity index (χ1v) is 12.0. The second-order valence-corrected chi connectivity index (χ2v) is 13.8. The van der Waals surface area contributed by atoms with Crippen LogP contribution >= 0.6 is 0 Å². The van der Waals surface area contributed by atoms with Crippen LogP contribution in [0.1, 0.15) is 46.1 Å². The van der Waals surface area contributed by atoms with Gasteiger partial charge in [-0.1, -0.05) is 51.1 Å². The quantitative estimate of drug-likeness (QED) is 0.779. The Kier molecular flexibility index (Phi) is 5.81. The molecule has 140 valence electrons. The molecule has 2 atom stereocenters. The van der Waals surface area contributed by atoms with Gasteiger partial charge in [-0.2, -0.15) is 0 Å². The standard InChI is InChI=1S/C20H33NO3Si/c1-19(2,3)25(5,6)24-15-20(4,23)17-12-13-18(22)21(17)14-16-10-8-7-9-11-16/h7-11,17,23H,12-15H2,1-6H3/t17-,20+/m0/s1. The third-order valence-electron chi connectivity index (χ3n) is 5.77. The summed E-state index contributed by atoms with van der Waals surface area (Å²) in [6.45, 7) is 13.6. The normalized spacial score (nSPS) is 21.5. The summed E-state index contributed by atoms with van der Waals surface area (Å²) in [6.07, 6.45) is 1.17. The molecule has 0 aromatic heterocycles. The molecule has 0 saturated carbocycles. The van der Waals surface area contributed by atoms with Crippen LogP contribution in [0.3, 0.4) is 0 Å². The van der Waals surface area contributed by atoms with E-state index in [0.29, 0.717) is 19.4 Å². The van der Waals surface area contributed by atoms with Crippen LogP contribution in [0.15, 0.2) is 30.3 Å². The Morgan fingerprint density at radius 1 is 1.20 bits per heavy atom. The van der Waals surface area contributed by atoms with Gasteiger partial charge in [0, 0.05) is 13.0 Å². The Morgan fingerprint density at radius 2 is 1.80 bits per heavy atom. The van der Waals surface area contributed by atoms with E-state index in [1.807, 2.05) is 35.2 Å². The van der Waals surface area contributed by atoms with Crippen molar-refractivity contribution in [1.82, 2.24) is 4.90 Å². The molecule has 1 amide bonds. The summed E-state index contributed by atoms with van der Waals surface area (Å²) in [6, 6.07) is 9.75. The van der Waals surface area contributed by atoms with Gasteiger partial charge in [-0.25, -0.2) is 0 Å². The van der Waals surface area contributed by atoms with Gasteiger partial charge in [0.15, 0.2) is 8.32 Å². The summed E-state index contributed by atoms with van der Waals surface area (Å²) in [7, 11) is -1.94. The summed E-state index contributed by atoms with van der Waals surface area (Å²) in [5.41, 5.74) is 0.0417. The first kappa shape index (κ1) is 20.1. The summed E-state index contributed by atoms with van der Waals surface area (Å²) in [4.78, 5) is 14.2. The molecule has 0 unspecified atom stereocenters. The van der Waals surface area contributed by atoms with E-state index in [9.17, 15) is 9.90 Å². The molecule has 0 bridgehead atoms. The van der Waals surface area contributed by atoms with Gasteiger partial charge in [-0.3, -0.25) is 4.79 Å². The topological polar surface area (TPSA) is 49.8 Å². The molecule has 0 radical (unpaired) electrons. The molecule has 5 heteroatoms. The molecule has 4 nitrogen and oxygen atoms in total. The van der Waals surface area contributed by atoms with E-state index in [0.717, 1.165) is 5.56 Å². The summed E-state index contributed by atoms with van der Waals surface area (Å²) in [5, 5.41) is 11.2. The first-order chi connectivity index (χ1) is 11.4. The van der Waals surface area contributed by atoms with Gasteiger partial charge >= 0.3 is 0 Å². The third-order valence-corrected chi connectivity index (χ3v) is 10.3. The first-order valence-electron chi connectivity index (χ1n) is 9.14. The Bertz CT molecular complexity index is 593. The lowest BCUT2D eigenvalue weighted by molar-refractivity contribution is -0.135. The average Bonchev–Trinajstić information content (AvgIpc) is 2.87. The Hall–Kier alpha value is -1.17. The molecule has 0 spiro atoms. The summed E-state index contributed by atoms with van der Waals surface area (Å²) in [5.74, 6) is 0.112. The van der Waals surface area contributed by atoms with Crippen molar-refractivity contribution in [1.29, 1.82) is 0 Å². The van der Waals surface area contributed by atoms with E-state index in [-0.39, 0.29) is 23.6 Å². The highest BCUT2D eigenvalue weighted by Crippen LogP contribution is 2.38. The van der Waals surface area contributed by atoms with Crippen LogP contribution in [0.4, 0.5) is 0 Å². The van der Waals surface area contributed by atoms with E-state index in [1.54, 1.807) is 6.92 Å². The highest BCUT2D eigenvalue weighted by molar-refractivity contribution is 6.74. The predicted octanol–water partition coefficient (Wildman–Crippen LogP) is 3.95. The van der Waals surface area contributed by atoms with Crippen LogP contribution in [0.25, 0.3) is 0 Å². The molecule has 0 aliphatic carbocycles. The van der Waals surface area contributed by atoms with E-state index >= 15 is 0 Å². The number of aliphatic hydroxyl groups is 1. The van der Waals surface area contributed by atoms with Crippen molar-refractivity contribution in [3.8, 4) is 0 Å². The van der Waals surface area contributed by atoms with Crippen LogP contribution < -0.4 is 0 Å². The number of benzene rings is 1. The molecule has 1 N–H and O–H groups in total. The van der Waals surface area contributed by atoms with E-state index < -0.39 is 13.9 Å². The molecular formula is C20H33NO3Si. The number of hydrogen-bond acceptors (Lipinski definition) is 3. The summed E-state index contributed by atoms with van der Waals surface area (Å²) < 4.78 is 6.26. The van der Waals surface area contributed by atoms with Crippen LogP contribution in [-0.4, -0.2) is 42.5 Å². The molecule has 1 fully saturated rings. The van der Waals surface area contributed by atoms with E-state index in [1.165, 1.54) is 0 Å². The van der Waals surface area contributed by atoms with Crippen molar-refractivity contribution < 1.29 is 14.3 Å². The number of nitrogens with zero attached hydrogens (tertiary/aromatic N) is 1. The molecule has 1 saturated heterocycles. The van der Waals surface area contributed by atoms with Crippen molar-refractivity contribution in [2.45, 2.75) is 76.9 Å². The van der Waals surface area contributed by atoms with E-state index in [2.05, 4.69) is 33.9 Å². The number of carbonyl (C=O) groups is 1. The van der Waals surface area contributed by atoms with Crippen LogP contribution in [0, 0.1) is 0 Å². The number of hydrogen-bond donors (Lipinski definition) is 1.